The smallest absolute Gasteiger partial charge is 0.266 e. The molecule has 1 aromatic heterocycles. The average Bonchev–Trinajstić information content (AvgIpc) is 2.93. The Morgan fingerprint density at radius 2 is 1.86 bits per heavy atom. The summed E-state index contributed by atoms with van der Waals surface area (Å²) in [7, 11) is 0. The van der Waals surface area contributed by atoms with Gasteiger partial charge in [0, 0.05) is 26.0 Å². The highest BCUT2D eigenvalue weighted by molar-refractivity contribution is 9.10. The van der Waals surface area contributed by atoms with Crippen molar-refractivity contribution < 1.29 is 9.18 Å². The van der Waals surface area contributed by atoms with Gasteiger partial charge in [-0.2, -0.15) is 5.26 Å². The van der Waals surface area contributed by atoms with Crippen LogP contribution >= 0.6 is 31.9 Å². The van der Waals surface area contributed by atoms with Gasteiger partial charge >= 0.3 is 0 Å². The molecule has 0 atom stereocenters. The lowest BCUT2D eigenvalue weighted by atomic mass is 10.1. The Morgan fingerprint density at radius 3 is 2.52 bits per heavy atom. The van der Waals surface area contributed by atoms with Crippen LogP contribution < -0.4 is 5.32 Å². The Hall–Kier alpha value is -2.69. The van der Waals surface area contributed by atoms with Crippen molar-refractivity contribution in [3.63, 3.8) is 0 Å². The van der Waals surface area contributed by atoms with E-state index in [0.29, 0.717) is 21.4 Å². The predicted molar refractivity (Wildman–Crippen MR) is 119 cm³/mol. The first-order valence-electron chi connectivity index (χ1n) is 8.63. The van der Waals surface area contributed by atoms with E-state index in [-0.39, 0.29) is 11.4 Å². The van der Waals surface area contributed by atoms with Crippen LogP contribution in [0.25, 0.3) is 11.8 Å². The maximum absolute atomic E-state index is 14.5. The van der Waals surface area contributed by atoms with Crippen molar-refractivity contribution in [3.05, 3.63) is 85.8 Å². The number of aryl methyl sites for hydroxylation is 1. The fourth-order valence-corrected chi connectivity index (χ4v) is 3.77. The number of hydrogen-bond donors (Lipinski definition) is 1. The summed E-state index contributed by atoms with van der Waals surface area (Å²) in [6, 6.07) is 15.7. The van der Waals surface area contributed by atoms with Crippen molar-refractivity contribution in [1.82, 2.24) is 4.57 Å². The molecule has 1 heterocycles. The van der Waals surface area contributed by atoms with Gasteiger partial charge in [0.2, 0.25) is 0 Å². The molecule has 0 bridgehead atoms. The van der Waals surface area contributed by atoms with Crippen molar-refractivity contribution >= 4 is 49.5 Å². The molecule has 3 aromatic rings. The molecule has 4 nitrogen and oxygen atoms in total. The highest BCUT2D eigenvalue weighted by Crippen LogP contribution is 2.26. The summed E-state index contributed by atoms with van der Waals surface area (Å²) in [6.45, 7) is 3.67. The second kappa shape index (κ2) is 8.76. The zero-order valence-electron chi connectivity index (χ0n) is 15.6. The second-order valence-corrected chi connectivity index (χ2v) is 8.22. The molecule has 0 fully saturated rings. The SMILES string of the molecule is Cc1cc(/C=C(/C#N)C(=O)Nc2cccc(Br)c2)c(C)n1-c1ccc(Br)cc1F. The van der Waals surface area contributed by atoms with E-state index in [9.17, 15) is 14.4 Å². The standard InChI is InChI=1S/C22H16Br2FN3O/c1-13-8-15(14(2)28(13)21-7-6-18(24)11-20(21)25)9-16(12-26)22(29)27-19-5-3-4-17(23)10-19/h3-11H,1-2H3,(H,27,29)/b16-9-. The molecule has 0 aliphatic carbocycles. The number of carbonyl (C=O) groups excluding carboxylic acids is 1. The first-order valence-corrected chi connectivity index (χ1v) is 10.2. The third kappa shape index (κ3) is 4.66. The normalized spacial score (nSPS) is 11.2. The quantitative estimate of drug-likeness (QED) is 0.326. The molecule has 0 unspecified atom stereocenters. The monoisotopic (exact) mass is 515 g/mol. The molecule has 146 valence electrons. The van der Waals surface area contributed by atoms with Crippen LogP contribution in [-0.2, 0) is 4.79 Å². The molecule has 3 rings (SSSR count). The number of benzene rings is 2. The van der Waals surface area contributed by atoms with Crippen LogP contribution in [0.5, 0.6) is 0 Å². The van der Waals surface area contributed by atoms with E-state index in [1.165, 1.54) is 12.1 Å². The fraction of sp³-hybridized carbons (Fsp3) is 0.0909. The first-order chi connectivity index (χ1) is 13.8. The van der Waals surface area contributed by atoms with Gasteiger partial charge < -0.3 is 9.88 Å². The molecule has 29 heavy (non-hydrogen) atoms. The number of nitrogens with one attached hydrogen (secondary N) is 1. The van der Waals surface area contributed by atoms with Gasteiger partial charge in [-0.15, -0.1) is 0 Å². The molecule has 1 amide bonds. The van der Waals surface area contributed by atoms with Gasteiger partial charge in [0.15, 0.2) is 0 Å². The lowest BCUT2D eigenvalue weighted by Crippen LogP contribution is -2.13. The van der Waals surface area contributed by atoms with Crippen molar-refractivity contribution in [3.8, 4) is 11.8 Å². The number of aromatic nitrogens is 1. The largest absolute Gasteiger partial charge is 0.321 e. The minimum absolute atomic E-state index is 0.0403. The van der Waals surface area contributed by atoms with E-state index >= 15 is 0 Å². The third-order valence-electron chi connectivity index (χ3n) is 4.37. The van der Waals surface area contributed by atoms with Crippen molar-refractivity contribution in [2.75, 3.05) is 5.32 Å². The highest BCUT2D eigenvalue weighted by Gasteiger charge is 2.16. The second-order valence-electron chi connectivity index (χ2n) is 6.39. The molecule has 7 heteroatoms. The first kappa shape index (κ1) is 21.0. The number of hydrogen-bond acceptors (Lipinski definition) is 2. The van der Waals surface area contributed by atoms with Gasteiger partial charge in [-0.25, -0.2) is 4.39 Å². The number of anilines is 1. The lowest BCUT2D eigenvalue weighted by Gasteiger charge is -2.11. The molecule has 0 radical (unpaired) electrons. The maximum atomic E-state index is 14.5. The van der Waals surface area contributed by atoms with Crippen LogP contribution in [0.1, 0.15) is 17.0 Å². The number of halogens is 3. The van der Waals surface area contributed by atoms with E-state index < -0.39 is 5.91 Å². The number of rotatable bonds is 4. The van der Waals surface area contributed by atoms with Gasteiger partial charge in [0.1, 0.15) is 17.5 Å². The topological polar surface area (TPSA) is 57.8 Å². The zero-order valence-corrected chi connectivity index (χ0v) is 18.8. The molecule has 0 aliphatic heterocycles. The minimum atomic E-state index is -0.509. The molecule has 2 aromatic carbocycles. The molecule has 1 N–H and O–H groups in total. The highest BCUT2D eigenvalue weighted by atomic mass is 79.9. The number of amides is 1. The van der Waals surface area contributed by atoms with Crippen LogP contribution in [0.3, 0.4) is 0 Å². The van der Waals surface area contributed by atoms with Crippen molar-refractivity contribution in [2.45, 2.75) is 13.8 Å². The minimum Gasteiger partial charge on any atom is -0.321 e. The molecule has 0 saturated heterocycles. The van der Waals surface area contributed by atoms with Gasteiger partial charge in [0.05, 0.1) is 5.69 Å². The van der Waals surface area contributed by atoms with Crippen LogP contribution in [-0.4, -0.2) is 10.5 Å². The summed E-state index contributed by atoms with van der Waals surface area (Å²) in [5.41, 5.74) is 3.13. The van der Waals surface area contributed by atoms with Crippen LogP contribution in [0.4, 0.5) is 10.1 Å². The molecule has 0 saturated carbocycles. The summed E-state index contributed by atoms with van der Waals surface area (Å²) >= 11 is 6.60. The summed E-state index contributed by atoms with van der Waals surface area (Å²) in [5.74, 6) is -0.880. The predicted octanol–water partition coefficient (Wildman–Crippen LogP) is 6.30. The number of carbonyl (C=O) groups is 1. The Labute approximate surface area is 184 Å². The Bertz CT molecular complexity index is 1180. The van der Waals surface area contributed by atoms with E-state index in [1.54, 1.807) is 34.9 Å². The summed E-state index contributed by atoms with van der Waals surface area (Å²) in [6.07, 6.45) is 1.52. The number of nitriles is 1. The average molecular weight is 517 g/mol. The molecule has 0 aliphatic rings. The van der Waals surface area contributed by atoms with Crippen molar-refractivity contribution in [2.24, 2.45) is 0 Å². The van der Waals surface area contributed by atoms with Gasteiger partial charge in [-0.3, -0.25) is 4.79 Å². The summed E-state index contributed by atoms with van der Waals surface area (Å²) in [4.78, 5) is 12.5. The van der Waals surface area contributed by atoms with Gasteiger partial charge in [0.25, 0.3) is 5.91 Å². The van der Waals surface area contributed by atoms with Crippen LogP contribution in [0, 0.1) is 31.0 Å². The zero-order chi connectivity index (χ0) is 21.1. The van der Waals surface area contributed by atoms with Crippen molar-refractivity contribution in [1.29, 1.82) is 5.26 Å². The third-order valence-corrected chi connectivity index (χ3v) is 5.35. The lowest BCUT2D eigenvalue weighted by molar-refractivity contribution is -0.112. The Kier molecular flexibility index (Phi) is 6.36. The van der Waals surface area contributed by atoms with Gasteiger partial charge in [-0.1, -0.05) is 37.9 Å². The molecule has 0 spiro atoms. The van der Waals surface area contributed by atoms with Crippen LogP contribution in [0.15, 0.2) is 63.0 Å². The Balaban J connectivity index is 1.96. The fourth-order valence-electron chi connectivity index (χ4n) is 3.04. The van der Waals surface area contributed by atoms with E-state index in [2.05, 4.69) is 37.2 Å². The summed E-state index contributed by atoms with van der Waals surface area (Å²) in [5, 5.41) is 12.2. The summed E-state index contributed by atoms with van der Waals surface area (Å²) < 4.78 is 17.7. The maximum Gasteiger partial charge on any atom is 0.266 e. The molecular formula is C22H16Br2FN3O. The number of nitrogens with zero attached hydrogens (tertiary/aromatic N) is 2. The van der Waals surface area contributed by atoms with Crippen LogP contribution in [0.2, 0.25) is 0 Å². The van der Waals surface area contributed by atoms with Gasteiger partial charge in [-0.05, 0) is 68.0 Å². The van der Waals surface area contributed by atoms with E-state index in [4.69, 9.17) is 0 Å². The van der Waals surface area contributed by atoms with E-state index in [0.717, 1.165) is 15.9 Å². The van der Waals surface area contributed by atoms with E-state index in [1.807, 2.05) is 32.0 Å². The Morgan fingerprint density at radius 1 is 1.14 bits per heavy atom. The molecular weight excluding hydrogens is 501 g/mol.